The summed E-state index contributed by atoms with van der Waals surface area (Å²) in [5.41, 5.74) is 0.545. The van der Waals surface area contributed by atoms with Crippen molar-refractivity contribution in [2.45, 2.75) is 102 Å². The van der Waals surface area contributed by atoms with Gasteiger partial charge in [0.2, 0.25) is 5.88 Å². The Labute approximate surface area is 382 Å². The molecular weight excluding hydrogens is 839 g/mol. The zero-order valence-electron chi connectivity index (χ0n) is 38.6. The number of hydrogen-bond acceptors (Lipinski definition) is 9. The van der Waals surface area contributed by atoms with Gasteiger partial charge in [0.25, 0.3) is 8.32 Å². The van der Waals surface area contributed by atoms with E-state index in [2.05, 4.69) is 91.2 Å². The number of ether oxygens (including phenoxy) is 3. The summed E-state index contributed by atoms with van der Waals surface area (Å²) in [4.78, 5) is 14.4. The molecule has 0 saturated carbocycles. The summed E-state index contributed by atoms with van der Waals surface area (Å²) in [6, 6.07) is 30.3. The normalized spacial score (nSPS) is 21.6. The van der Waals surface area contributed by atoms with E-state index in [9.17, 15) is 5.11 Å². The molecule has 2 aromatic heterocycles. The van der Waals surface area contributed by atoms with E-state index in [1.165, 1.54) is 23.5 Å². The maximum absolute atomic E-state index is 17.6. The quantitative estimate of drug-likeness (QED) is 0.0849. The molecule has 5 heterocycles. The largest absolute Gasteiger partial charge is 0.476 e. The van der Waals surface area contributed by atoms with Crippen LogP contribution < -0.4 is 24.7 Å². The SMILES string of the molecule is CCc1c(F)ccc2cc(OCOC)cc(-c3ncc4c(N5CCC[C@@](C)(O)C5)cc(OC[C@@]56CCCN5[C@H](CO[Si](c5ccccc5)(c5ccccc5)C(C)(C)C)CC6)nc4c3F)c12. The van der Waals surface area contributed by atoms with Gasteiger partial charge in [0, 0.05) is 49.5 Å². The van der Waals surface area contributed by atoms with Crippen LogP contribution in [-0.2, 0) is 15.6 Å². The predicted molar refractivity (Wildman–Crippen MR) is 257 cm³/mol. The number of aliphatic hydroxyl groups is 1. The molecule has 0 bridgehead atoms. The Hall–Kier alpha value is -4.98. The third kappa shape index (κ3) is 8.41. The molecule has 9 rings (SSSR count). The number of anilines is 1. The van der Waals surface area contributed by atoms with Crippen molar-refractivity contribution >= 4 is 46.1 Å². The van der Waals surface area contributed by atoms with Crippen molar-refractivity contribution in [3.8, 4) is 22.9 Å². The first-order valence-corrected chi connectivity index (χ1v) is 25.2. The number of β-amino-alcohol motifs (C(OH)–C–C–N with tert-alkyl or cyclic N) is 1. The third-order valence-electron chi connectivity index (χ3n) is 14.3. The second-order valence-electron chi connectivity index (χ2n) is 19.7. The molecule has 12 heteroatoms. The summed E-state index contributed by atoms with van der Waals surface area (Å²) < 4.78 is 58.3. The van der Waals surface area contributed by atoms with E-state index in [-0.39, 0.29) is 40.4 Å². The van der Waals surface area contributed by atoms with Gasteiger partial charge in [-0.3, -0.25) is 9.88 Å². The van der Waals surface area contributed by atoms with Gasteiger partial charge in [0.05, 0.1) is 23.4 Å². The van der Waals surface area contributed by atoms with E-state index in [1.54, 1.807) is 24.4 Å². The Balaban J connectivity index is 1.07. The minimum atomic E-state index is -2.75. The van der Waals surface area contributed by atoms with Gasteiger partial charge in [-0.25, -0.2) is 13.8 Å². The lowest BCUT2D eigenvalue weighted by Gasteiger charge is -2.44. The van der Waals surface area contributed by atoms with Crippen LogP contribution in [0, 0.1) is 11.6 Å². The van der Waals surface area contributed by atoms with Gasteiger partial charge in [-0.05, 0) is 108 Å². The Morgan fingerprint density at radius 1 is 0.892 bits per heavy atom. The number of nitrogens with zero attached hydrogens (tertiary/aromatic N) is 4. The lowest BCUT2D eigenvalue weighted by molar-refractivity contribution is 0.0449. The van der Waals surface area contributed by atoms with Crippen molar-refractivity contribution in [3.05, 3.63) is 114 Å². The monoisotopic (exact) mass is 900 g/mol. The molecular formula is C53H62F2N4O5Si. The summed E-state index contributed by atoms with van der Waals surface area (Å²) in [5.74, 6) is -0.260. The summed E-state index contributed by atoms with van der Waals surface area (Å²) in [7, 11) is -1.22. The Kier molecular flexibility index (Phi) is 12.5. The van der Waals surface area contributed by atoms with E-state index in [0.29, 0.717) is 83.7 Å². The van der Waals surface area contributed by atoms with Crippen LogP contribution in [0.3, 0.4) is 0 Å². The first kappa shape index (κ1) is 45.2. The first-order chi connectivity index (χ1) is 31.3. The van der Waals surface area contributed by atoms with E-state index in [1.807, 2.05) is 19.9 Å². The second kappa shape index (κ2) is 18.0. The molecule has 4 aromatic carbocycles. The zero-order chi connectivity index (χ0) is 45.6. The third-order valence-corrected chi connectivity index (χ3v) is 19.3. The Morgan fingerprint density at radius 3 is 2.29 bits per heavy atom. The summed E-state index contributed by atoms with van der Waals surface area (Å²) in [6.07, 6.45) is 7.42. The standard InChI is InChI=1S/C53H62F2N4O5Si/c1-7-41-44(54)21-20-36-28-38(63-35-61-6)29-42(47(36)41)49-48(55)50-43(31-56-49)45(58-26-14-23-52(5,60)33-58)30-46(57-50)62-34-53-24-15-27-59(53)37(22-25-53)32-64-65(51(2,3)4,39-16-10-8-11-17-39)40-18-12-9-13-19-40/h8-13,16-21,28-31,37,60H,7,14-15,22-27,32-35H2,1-6H3/t37-,52+,53-/m0/s1. The number of pyridine rings is 2. The average molecular weight is 901 g/mol. The molecule has 0 aliphatic carbocycles. The molecule has 3 saturated heterocycles. The van der Waals surface area contributed by atoms with Crippen molar-refractivity contribution in [3.63, 3.8) is 0 Å². The summed E-state index contributed by atoms with van der Waals surface area (Å²) in [6.45, 7) is 13.6. The topological polar surface area (TPSA) is 89.4 Å². The molecule has 0 radical (unpaired) electrons. The minimum absolute atomic E-state index is 0.0148. The summed E-state index contributed by atoms with van der Waals surface area (Å²) >= 11 is 0. The minimum Gasteiger partial charge on any atom is -0.476 e. The number of halogens is 2. The average Bonchev–Trinajstić information content (AvgIpc) is 3.87. The van der Waals surface area contributed by atoms with Crippen molar-refractivity contribution in [2.75, 3.05) is 51.7 Å². The van der Waals surface area contributed by atoms with Crippen LogP contribution in [0.4, 0.5) is 14.5 Å². The number of methoxy groups -OCH3 is 1. The van der Waals surface area contributed by atoms with Crippen molar-refractivity contribution in [2.24, 2.45) is 0 Å². The van der Waals surface area contributed by atoms with Crippen LogP contribution in [-0.4, -0.2) is 92.2 Å². The van der Waals surface area contributed by atoms with Gasteiger partial charge in [-0.1, -0.05) is 94.4 Å². The van der Waals surface area contributed by atoms with E-state index in [0.717, 1.165) is 38.6 Å². The maximum atomic E-state index is 17.6. The van der Waals surface area contributed by atoms with E-state index < -0.39 is 19.7 Å². The lowest BCUT2D eigenvalue weighted by Crippen LogP contribution is -2.67. The molecule has 65 heavy (non-hydrogen) atoms. The zero-order valence-corrected chi connectivity index (χ0v) is 39.6. The molecule has 1 N–H and O–H groups in total. The summed E-state index contributed by atoms with van der Waals surface area (Å²) in [5, 5.41) is 15.4. The highest BCUT2D eigenvalue weighted by Crippen LogP contribution is 2.46. The van der Waals surface area contributed by atoms with Crippen LogP contribution >= 0.6 is 0 Å². The van der Waals surface area contributed by atoms with Crippen LogP contribution in [0.1, 0.15) is 78.7 Å². The van der Waals surface area contributed by atoms with E-state index >= 15 is 8.78 Å². The van der Waals surface area contributed by atoms with Gasteiger partial charge in [0.15, 0.2) is 12.6 Å². The highest BCUT2D eigenvalue weighted by atomic mass is 28.4. The molecule has 0 spiro atoms. The fourth-order valence-electron chi connectivity index (χ4n) is 11.3. The van der Waals surface area contributed by atoms with Gasteiger partial charge in [0.1, 0.15) is 29.4 Å². The molecule has 0 unspecified atom stereocenters. The smallest absolute Gasteiger partial charge is 0.261 e. The Morgan fingerprint density at radius 2 is 1.62 bits per heavy atom. The second-order valence-corrected chi connectivity index (χ2v) is 24.0. The van der Waals surface area contributed by atoms with Crippen LogP contribution in [0.5, 0.6) is 11.6 Å². The van der Waals surface area contributed by atoms with Gasteiger partial charge < -0.3 is 28.6 Å². The van der Waals surface area contributed by atoms with Crippen LogP contribution in [0.15, 0.2) is 97.2 Å². The number of fused-ring (bicyclic) bond motifs is 3. The molecule has 3 fully saturated rings. The molecule has 3 aliphatic heterocycles. The molecule has 9 nitrogen and oxygen atoms in total. The number of benzene rings is 4. The highest BCUT2D eigenvalue weighted by Gasteiger charge is 2.54. The van der Waals surface area contributed by atoms with Crippen molar-refractivity contribution in [1.29, 1.82) is 0 Å². The van der Waals surface area contributed by atoms with Crippen molar-refractivity contribution in [1.82, 2.24) is 14.9 Å². The molecule has 3 aliphatic rings. The van der Waals surface area contributed by atoms with E-state index in [4.69, 9.17) is 28.6 Å². The van der Waals surface area contributed by atoms with Gasteiger partial charge in [-0.15, -0.1) is 0 Å². The predicted octanol–water partition coefficient (Wildman–Crippen LogP) is 9.58. The first-order valence-electron chi connectivity index (χ1n) is 23.3. The van der Waals surface area contributed by atoms with Gasteiger partial charge in [-0.2, -0.15) is 0 Å². The number of hydrogen-bond donors (Lipinski definition) is 1. The maximum Gasteiger partial charge on any atom is 0.261 e. The Bertz CT molecular complexity index is 2620. The fraction of sp³-hybridized carbons (Fsp3) is 0.434. The number of aromatic nitrogens is 2. The molecule has 0 amide bonds. The molecule has 342 valence electrons. The number of aryl methyl sites for hydroxylation is 1. The van der Waals surface area contributed by atoms with Crippen molar-refractivity contribution < 1.29 is 32.5 Å². The highest BCUT2D eigenvalue weighted by molar-refractivity contribution is 6.99. The van der Waals surface area contributed by atoms with Gasteiger partial charge >= 0.3 is 0 Å². The fourth-order valence-corrected chi connectivity index (χ4v) is 15.9. The number of rotatable bonds is 14. The molecule has 3 atom stereocenters. The number of piperidine rings is 1. The van der Waals surface area contributed by atoms with Crippen LogP contribution in [0.2, 0.25) is 5.04 Å². The van der Waals surface area contributed by atoms with Crippen LogP contribution in [0.25, 0.3) is 32.9 Å². The lowest BCUT2D eigenvalue weighted by atomic mass is 9.93. The molecule has 6 aromatic rings.